The summed E-state index contributed by atoms with van der Waals surface area (Å²) in [6.45, 7) is 10.3. The Morgan fingerprint density at radius 3 is 2.19 bits per heavy atom. The van der Waals surface area contributed by atoms with Gasteiger partial charge in [0.25, 0.3) is 0 Å². The van der Waals surface area contributed by atoms with E-state index in [4.69, 9.17) is 4.74 Å². The van der Waals surface area contributed by atoms with E-state index < -0.39 is 0 Å². The molecule has 1 heterocycles. The lowest BCUT2D eigenvalue weighted by Gasteiger charge is -2.35. The minimum Gasteiger partial charge on any atom is -0.451 e. The molecule has 0 spiro atoms. The summed E-state index contributed by atoms with van der Waals surface area (Å²) in [5.41, 5.74) is 0.273. The van der Waals surface area contributed by atoms with Gasteiger partial charge in [-0.15, -0.1) is 0 Å². The zero-order valence-electron chi connectivity index (χ0n) is 11.6. The van der Waals surface area contributed by atoms with Gasteiger partial charge in [-0.3, -0.25) is 0 Å². The maximum absolute atomic E-state index is 5.61. The number of methoxy groups -OCH3 is 1. The van der Waals surface area contributed by atoms with Crippen molar-refractivity contribution in [3.63, 3.8) is 0 Å². The third-order valence-corrected chi connectivity index (χ3v) is 3.40. The quantitative estimate of drug-likeness (QED) is 0.778. The van der Waals surface area contributed by atoms with E-state index in [1.165, 1.54) is 25.7 Å². The molecule has 0 atom stereocenters. The molecule has 0 aromatic heterocycles. The molecule has 1 N–H and O–H groups in total. The standard InChI is InChI=1S/C14H27NO/c1-11(2)9-14(10-12(3)4)7-6-8-15-13(14)16-5/h11-12H,6-10H2,1-5H3/p+1. The Bertz CT molecular complexity index is 233. The zero-order valence-corrected chi connectivity index (χ0v) is 11.6. The molecule has 0 aromatic carbocycles. The second kappa shape index (κ2) is 5.70. The summed E-state index contributed by atoms with van der Waals surface area (Å²) in [4.78, 5) is 3.46. The molecule has 2 nitrogen and oxygen atoms in total. The van der Waals surface area contributed by atoms with Crippen LogP contribution < -0.4 is 4.99 Å². The summed E-state index contributed by atoms with van der Waals surface area (Å²) in [7, 11) is 1.81. The highest BCUT2D eigenvalue weighted by Gasteiger charge is 2.44. The highest BCUT2D eigenvalue weighted by molar-refractivity contribution is 5.77. The lowest BCUT2D eigenvalue weighted by Crippen LogP contribution is -2.79. The van der Waals surface area contributed by atoms with Crippen LogP contribution in [0.2, 0.25) is 0 Å². The fourth-order valence-electron chi connectivity index (χ4n) is 3.25. The Hall–Kier alpha value is -0.530. The van der Waals surface area contributed by atoms with Crippen LogP contribution in [0.4, 0.5) is 0 Å². The van der Waals surface area contributed by atoms with Crippen LogP contribution in [-0.4, -0.2) is 19.6 Å². The van der Waals surface area contributed by atoms with Gasteiger partial charge in [-0.1, -0.05) is 27.7 Å². The molecule has 94 valence electrons. The summed E-state index contributed by atoms with van der Waals surface area (Å²) in [6, 6.07) is 0. The van der Waals surface area contributed by atoms with Crippen LogP contribution in [-0.2, 0) is 4.74 Å². The fourth-order valence-corrected chi connectivity index (χ4v) is 3.25. The van der Waals surface area contributed by atoms with Crippen molar-refractivity contribution < 1.29 is 9.73 Å². The molecule has 0 aromatic rings. The SMILES string of the molecule is COC1=[NH+]CCCC1(CC(C)C)CC(C)C. The Morgan fingerprint density at radius 1 is 1.19 bits per heavy atom. The second-order valence-electron chi connectivity index (χ2n) is 6.04. The van der Waals surface area contributed by atoms with E-state index in [1.807, 2.05) is 7.11 Å². The van der Waals surface area contributed by atoms with Crippen molar-refractivity contribution >= 4 is 5.90 Å². The Kier molecular flexibility index (Phi) is 4.82. The van der Waals surface area contributed by atoms with E-state index in [1.54, 1.807) is 0 Å². The third kappa shape index (κ3) is 3.23. The monoisotopic (exact) mass is 226 g/mol. The maximum atomic E-state index is 5.61. The van der Waals surface area contributed by atoms with E-state index >= 15 is 0 Å². The first-order valence-corrected chi connectivity index (χ1v) is 6.65. The number of ether oxygens (including phenoxy) is 1. The van der Waals surface area contributed by atoms with Crippen molar-refractivity contribution in [2.24, 2.45) is 17.3 Å². The van der Waals surface area contributed by atoms with Gasteiger partial charge in [0, 0.05) is 6.42 Å². The van der Waals surface area contributed by atoms with Gasteiger partial charge < -0.3 is 4.74 Å². The normalized spacial score (nSPS) is 20.1. The number of rotatable bonds is 4. The molecule has 16 heavy (non-hydrogen) atoms. The Morgan fingerprint density at radius 2 is 1.75 bits per heavy atom. The van der Waals surface area contributed by atoms with E-state index in [0.29, 0.717) is 0 Å². The minimum absolute atomic E-state index is 0.273. The van der Waals surface area contributed by atoms with Gasteiger partial charge in [-0.2, -0.15) is 0 Å². The van der Waals surface area contributed by atoms with Crippen molar-refractivity contribution in [2.75, 3.05) is 13.7 Å². The van der Waals surface area contributed by atoms with Crippen LogP contribution in [0.3, 0.4) is 0 Å². The molecular weight excluding hydrogens is 198 g/mol. The molecule has 1 aliphatic heterocycles. The molecule has 0 saturated heterocycles. The molecule has 2 heteroatoms. The summed E-state index contributed by atoms with van der Waals surface area (Å²) in [5, 5.41) is 0. The summed E-state index contributed by atoms with van der Waals surface area (Å²) >= 11 is 0. The van der Waals surface area contributed by atoms with Crippen molar-refractivity contribution in [3.05, 3.63) is 0 Å². The smallest absolute Gasteiger partial charge is 0.340 e. The lowest BCUT2D eigenvalue weighted by atomic mass is 9.70. The van der Waals surface area contributed by atoms with Crippen LogP contribution in [0.1, 0.15) is 53.4 Å². The van der Waals surface area contributed by atoms with Gasteiger partial charge in [0.2, 0.25) is 0 Å². The highest BCUT2D eigenvalue weighted by atomic mass is 16.5. The van der Waals surface area contributed by atoms with Crippen LogP contribution in [0, 0.1) is 17.3 Å². The zero-order chi connectivity index (χ0) is 12.2. The van der Waals surface area contributed by atoms with E-state index in [0.717, 1.165) is 24.3 Å². The van der Waals surface area contributed by atoms with Crippen molar-refractivity contribution in [1.82, 2.24) is 0 Å². The Balaban J connectivity index is 2.91. The fraction of sp³-hybridized carbons (Fsp3) is 0.929. The van der Waals surface area contributed by atoms with E-state index in [-0.39, 0.29) is 5.41 Å². The summed E-state index contributed by atoms with van der Waals surface area (Å²) < 4.78 is 5.61. The van der Waals surface area contributed by atoms with Gasteiger partial charge in [0.05, 0.1) is 12.5 Å². The van der Waals surface area contributed by atoms with Crippen molar-refractivity contribution in [2.45, 2.75) is 53.4 Å². The topological polar surface area (TPSA) is 23.2 Å². The predicted molar refractivity (Wildman–Crippen MR) is 68.4 cm³/mol. The van der Waals surface area contributed by atoms with Crippen molar-refractivity contribution in [1.29, 1.82) is 0 Å². The van der Waals surface area contributed by atoms with Gasteiger partial charge in [-0.25, -0.2) is 4.99 Å². The molecule has 0 radical (unpaired) electrons. The summed E-state index contributed by atoms with van der Waals surface area (Å²) in [5.74, 6) is 2.59. The van der Waals surface area contributed by atoms with Crippen LogP contribution in [0.5, 0.6) is 0 Å². The molecule has 0 unspecified atom stereocenters. The molecule has 0 bridgehead atoms. The number of nitrogens with one attached hydrogen (secondary N) is 1. The summed E-state index contributed by atoms with van der Waals surface area (Å²) in [6.07, 6.45) is 5.02. The highest BCUT2D eigenvalue weighted by Crippen LogP contribution is 2.39. The first-order valence-electron chi connectivity index (χ1n) is 6.65. The molecule has 0 aliphatic carbocycles. The van der Waals surface area contributed by atoms with E-state index in [9.17, 15) is 0 Å². The first-order chi connectivity index (χ1) is 7.50. The van der Waals surface area contributed by atoms with E-state index in [2.05, 4.69) is 32.7 Å². The molecule has 0 saturated carbocycles. The number of hydrogen-bond donors (Lipinski definition) is 1. The molecule has 1 rings (SSSR count). The second-order valence-corrected chi connectivity index (χ2v) is 6.04. The predicted octanol–water partition coefficient (Wildman–Crippen LogP) is 1.98. The largest absolute Gasteiger partial charge is 0.451 e. The average molecular weight is 226 g/mol. The Labute approximate surface area is 100 Å². The van der Waals surface area contributed by atoms with Gasteiger partial charge in [0.1, 0.15) is 6.54 Å². The van der Waals surface area contributed by atoms with Gasteiger partial charge >= 0.3 is 5.90 Å². The first kappa shape index (κ1) is 13.5. The van der Waals surface area contributed by atoms with Crippen molar-refractivity contribution in [3.8, 4) is 0 Å². The van der Waals surface area contributed by atoms with Crippen LogP contribution >= 0.6 is 0 Å². The van der Waals surface area contributed by atoms with Gasteiger partial charge in [0.15, 0.2) is 0 Å². The van der Waals surface area contributed by atoms with Gasteiger partial charge in [-0.05, 0) is 31.1 Å². The molecule has 0 fully saturated rings. The average Bonchev–Trinajstić information content (AvgIpc) is 2.15. The minimum atomic E-state index is 0.273. The van der Waals surface area contributed by atoms with Crippen LogP contribution in [0.25, 0.3) is 0 Å². The third-order valence-electron chi connectivity index (χ3n) is 3.40. The lowest BCUT2D eigenvalue weighted by molar-refractivity contribution is -0.481. The molecule has 0 amide bonds. The maximum Gasteiger partial charge on any atom is 0.340 e. The molecule has 1 aliphatic rings. The van der Waals surface area contributed by atoms with Crippen LogP contribution in [0.15, 0.2) is 0 Å². The molecular formula is C14H28NO+. The number of hydrogen-bond acceptors (Lipinski definition) is 1.